The number of nitrogens with zero attached hydrogens (tertiary/aromatic N) is 5. The molecule has 32 heavy (non-hydrogen) atoms. The second-order valence-electron chi connectivity index (χ2n) is 7.45. The number of ether oxygens (including phenoxy) is 2. The summed E-state index contributed by atoms with van der Waals surface area (Å²) in [6.07, 6.45) is 7.43. The van der Waals surface area contributed by atoms with Crippen LogP contribution in [0.4, 0.5) is 17.2 Å². The van der Waals surface area contributed by atoms with Gasteiger partial charge in [-0.25, -0.2) is 15.0 Å². The van der Waals surface area contributed by atoms with Crippen molar-refractivity contribution in [1.82, 2.24) is 19.5 Å². The largest absolute Gasteiger partial charge is 0.493 e. The highest BCUT2D eigenvalue weighted by Gasteiger charge is 2.25. The average molecular weight is 430 g/mol. The number of fused-ring (bicyclic) bond motifs is 2. The first-order valence-electron chi connectivity index (χ1n) is 10.2. The van der Waals surface area contributed by atoms with Gasteiger partial charge in [0, 0.05) is 41.8 Å². The fourth-order valence-electron chi connectivity index (χ4n) is 3.98. The highest BCUT2D eigenvalue weighted by Crippen LogP contribution is 2.36. The summed E-state index contributed by atoms with van der Waals surface area (Å²) in [5, 5.41) is 4.20. The molecule has 1 aliphatic heterocycles. The maximum atomic E-state index is 12.7. The molecule has 1 amide bonds. The van der Waals surface area contributed by atoms with Crippen LogP contribution in [0.15, 0.2) is 55.4 Å². The van der Waals surface area contributed by atoms with E-state index in [0.29, 0.717) is 23.9 Å². The molecule has 0 spiro atoms. The number of imidazole rings is 1. The molecule has 0 radical (unpaired) electrons. The minimum absolute atomic E-state index is 0.0466. The Bertz CT molecular complexity index is 1290. The SMILES string of the molecule is COc1cc2ncnc(Nc3ccc4c(c3)CCN4C(=O)Cn3ccnc3)c2cc1OC. The zero-order valence-corrected chi connectivity index (χ0v) is 17.8. The molecule has 0 saturated carbocycles. The van der Waals surface area contributed by atoms with E-state index in [-0.39, 0.29) is 12.5 Å². The average Bonchev–Trinajstić information content (AvgIpc) is 3.48. The number of rotatable bonds is 6. The number of amides is 1. The molecule has 162 valence electrons. The number of aromatic nitrogens is 4. The monoisotopic (exact) mass is 430 g/mol. The number of nitrogens with one attached hydrogen (secondary N) is 1. The molecule has 0 aliphatic carbocycles. The Kier molecular flexibility index (Phi) is 5.06. The van der Waals surface area contributed by atoms with E-state index in [2.05, 4.69) is 26.3 Å². The van der Waals surface area contributed by atoms with Gasteiger partial charge in [-0.1, -0.05) is 0 Å². The molecule has 0 saturated heterocycles. The molecule has 3 heterocycles. The summed E-state index contributed by atoms with van der Waals surface area (Å²) in [5.41, 5.74) is 3.70. The number of carbonyl (C=O) groups is 1. The van der Waals surface area contributed by atoms with Crippen LogP contribution < -0.4 is 19.7 Å². The first kappa shape index (κ1) is 19.8. The van der Waals surface area contributed by atoms with E-state index >= 15 is 0 Å². The van der Waals surface area contributed by atoms with E-state index in [4.69, 9.17) is 9.47 Å². The van der Waals surface area contributed by atoms with E-state index in [1.165, 1.54) is 6.33 Å². The van der Waals surface area contributed by atoms with Gasteiger partial charge in [-0.3, -0.25) is 4.79 Å². The Labute approximate surface area is 184 Å². The quantitative estimate of drug-likeness (QED) is 0.502. The van der Waals surface area contributed by atoms with Crippen molar-refractivity contribution in [2.45, 2.75) is 13.0 Å². The minimum Gasteiger partial charge on any atom is -0.493 e. The van der Waals surface area contributed by atoms with Crippen molar-refractivity contribution in [1.29, 1.82) is 0 Å². The van der Waals surface area contributed by atoms with Crippen molar-refractivity contribution >= 4 is 34.0 Å². The van der Waals surface area contributed by atoms with Crippen molar-refractivity contribution in [2.75, 3.05) is 31.0 Å². The predicted octanol–water partition coefficient (Wildman–Crippen LogP) is 3.18. The highest BCUT2D eigenvalue weighted by atomic mass is 16.5. The lowest BCUT2D eigenvalue weighted by molar-refractivity contribution is -0.119. The Hall–Kier alpha value is -4.14. The van der Waals surface area contributed by atoms with Crippen molar-refractivity contribution < 1.29 is 14.3 Å². The van der Waals surface area contributed by atoms with Gasteiger partial charge in [0.1, 0.15) is 18.7 Å². The Morgan fingerprint density at radius 1 is 1.12 bits per heavy atom. The van der Waals surface area contributed by atoms with Crippen molar-refractivity contribution in [3.63, 3.8) is 0 Å². The minimum atomic E-state index is 0.0466. The normalized spacial score (nSPS) is 12.6. The van der Waals surface area contributed by atoms with Crippen LogP contribution in [0.2, 0.25) is 0 Å². The smallest absolute Gasteiger partial charge is 0.246 e. The maximum Gasteiger partial charge on any atom is 0.246 e. The van der Waals surface area contributed by atoms with Crippen LogP contribution in [0, 0.1) is 0 Å². The van der Waals surface area contributed by atoms with Crippen molar-refractivity contribution in [2.24, 2.45) is 0 Å². The number of methoxy groups -OCH3 is 2. The first-order chi connectivity index (χ1) is 15.7. The zero-order chi connectivity index (χ0) is 22.1. The second-order valence-corrected chi connectivity index (χ2v) is 7.45. The van der Waals surface area contributed by atoms with E-state index in [1.807, 2.05) is 29.2 Å². The van der Waals surface area contributed by atoms with Crippen LogP contribution >= 0.6 is 0 Å². The van der Waals surface area contributed by atoms with Gasteiger partial charge in [0.2, 0.25) is 5.91 Å². The van der Waals surface area contributed by atoms with E-state index in [1.54, 1.807) is 37.5 Å². The number of carbonyl (C=O) groups excluding carboxylic acids is 1. The summed E-state index contributed by atoms with van der Waals surface area (Å²) in [5.74, 6) is 1.94. The molecule has 9 nitrogen and oxygen atoms in total. The molecule has 9 heteroatoms. The lowest BCUT2D eigenvalue weighted by atomic mass is 10.1. The predicted molar refractivity (Wildman–Crippen MR) is 121 cm³/mol. The molecular weight excluding hydrogens is 408 g/mol. The van der Waals surface area contributed by atoms with Gasteiger partial charge < -0.3 is 24.3 Å². The van der Waals surface area contributed by atoms with Crippen LogP contribution in [-0.2, 0) is 17.8 Å². The fourth-order valence-corrected chi connectivity index (χ4v) is 3.98. The molecule has 0 unspecified atom stereocenters. The van der Waals surface area contributed by atoms with Gasteiger partial charge in [0.25, 0.3) is 0 Å². The molecule has 4 aromatic rings. The molecule has 2 aromatic carbocycles. The summed E-state index contributed by atoms with van der Waals surface area (Å²) in [6.45, 7) is 0.942. The Morgan fingerprint density at radius 3 is 2.75 bits per heavy atom. The van der Waals surface area contributed by atoms with Gasteiger partial charge in [-0.15, -0.1) is 0 Å². The Balaban J connectivity index is 1.41. The van der Waals surface area contributed by atoms with Gasteiger partial charge in [-0.2, -0.15) is 0 Å². The summed E-state index contributed by atoms with van der Waals surface area (Å²) in [7, 11) is 3.19. The van der Waals surface area contributed by atoms with Gasteiger partial charge in [0.15, 0.2) is 11.5 Å². The molecule has 0 atom stereocenters. The third-order valence-corrected chi connectivity index (χ3v) is 5.56. The van der Waals surface area contributed by atoms with Gasteiger partial charge in [0.05, 0.1) is 26.1 Å². The third kappa shape index (κ3) is 3.58. The van der Waals surface area contributed by atoms with Crippen LogP contribution in [0.1, 0.15) is 5.56 Å². The third-order valence-electron chi connectivity index (χ3n) is 5.56. The zero-order valence-electron chi connectivity index (χ0n) is 17.8. The number of anilines is 3. The van der Waals surface area contributed by atoms with Crippen molar-refractivity contribution in [3.05, 3.63) is 60.9 Å². The molecule has 2 aromatic heterocycles. The van der Waals surface area contributed by atoms with E-state index in [0.717, 1.165) is 34.3 Å². The number of hydrogen-bond donors (Lipinski definition) is 1. The first-order valence-corrected chi connectivity index (χ1v) is 10.2. The Morgan fingerprint density at radius 2 is 1.97 bits per heavy atom. The lowest BCUT2D eigenvalue weighted by Crippen LogP contribution is -2.31. The summed E-state index contributed by atoms with van der Waals surface area (Å²) >= 11 is 0. The van der Waals surface area contributed by atoms with E-state index in [9.17, 15) is 4.79 Å². The molecule has 1 aliphatic rings. The van der Waals surface area contributed by atoms with Gasteiger partial charge >= 0.3 is 0 Å². The standard InChI is InChI=1S/C23H22N6O3/c1-31-20-10-17-18(11-21(20)32-2)25-13-26-23(17)27-16-3-4-19-15(9-16)5-7-29(19)22(30)12-28-8-6-24-14-28/h3-4,6,8-11,13-14H,5,7,12H2,1-2H3,(H,25,26,27). The topological polar surface area (TPSA) is 94.4 Å². The molecule has 0 fully saturated rings. The second kappa shape index (κ2) is 8.18. The lowest BCUT2D eigenvalue weighted by Gasteiger charge is -2.18. The fraction of sp³-hybridized carbons (Fsp3) is 0.217. The van der Waals surface area contributed by atoms with E-state index < -0.39 is 0 Å². The number of benzene rings is 2. The summed E-state index contributed by atoms with van der Waals surface area (Å²) in [6, 6.07) is 9.68. The summed E-state index contributed by atoms with van der Waals surface area (Å²) in [4.78, 5) is 27.3. The maximum absolute atomic E-state index is 12.7. The van der Waals surface area contributed by atoms with Crippen molar-refractivity contribution in [3.8, 4) is 11.5 Å². The van der Waals surface area contributed by atoms with Crippen LogP contribution in [0.3, 0.4) is 0 Å². The van der Waals surface area contributed by atoms with Crippen LogP contribution in [0.5, 0.6) is 11.5 Å². The molecule has 1 N–H and O–H groups in total. The van der Waals surface area contributed by atoms with Gasteiger partial charge in [-0.05, 0) is 36.2 Å². The van der Waals surface area contributed by atoms with Crippen LogP contribution in [-0.4, -0.2) is 46.2 Å². The molecule has 0 bridgehead atoms. The summed E-state index contributed by atoms with van der Waals surface area (Å²) < 4.78 is 12.6. The molecule has 5 rings (SSSR count). The molecular formula is C23H22N6O3. The highest BCUT2D eigenvalue weighted by molar-refractivity contribution is 5.96. The van der Waals surface area contributed by atoms with Crippen LogP contribution in [0.25, 0.3) is 10.9 Å². The number of hydrogen-bond acceptors (Lipinski definition) is 7.